The Hall–Kier alpha value is -1.73. The van der Waals surface area contributed by atoms with Gasteiger partial charge in [0, 0.05) is 51.7 Å². The average molecular weight is 305 g/mol. The van der Waals surface area contributed by atoms with Crippen LogP contribution in [0.5, 0.6) is 0 Å². The monoisotopic (exact) mass is 305 g/mol. The summed E-state index contributed by atoms with van der Waals surface area (Å²) in [5, 5.41) is 3.26. The normalized spacial score (nSPS) is 23.2. The van der Waals surface area contributed by atoms with Crippen molar-refractivity contribution in [3.63, 3.8) is 0 Å². The van der Waals surface area contributed by atoms with Crippen LogP contribution in [-0.4, -0.2) is 72.8 Å². The van der Waals surface area contributed by atoms with Crippen molar-refractivity contribution >= 4 is 11.9 Å². The van der Waals surface area contributed by atoms with E-state index in [1.54, 1.807) is 12.4 Å². The van der Waals surface area contributed by atoms with Crippen molar-refractivity contribution in [1.82, 2.24) is 20.2 Å². The molecule has 0 unspecified atom stereocenters. The molecule has 22 heavy (non-hydrogen) atoms. The molecule has 1 aromatic heterocycles. The van der Waals surface area contributed by atoms with Crippen molar-refractivity contribution in [2.24, 2.45) is 0 Å². The summed E-state index contributed by atoms with van der Waals surface area (Å²) < 4.78 is 5.62. The molecule has 2 fully saturated rings. The first-order chi connectivity index (χ1) is 10.8. The van der Waals surface area contributed by atoms with Gasteiger partial charge in [-0.3, -0.25) is 4.79 Å². The number of amides is 1. The van der Waals surface area contributed by atoms with Gasteiger partial charge < -0.3 is 19.9 Å². The van der Waals surface area contributed by atoms with Gasteiger partial charge in [0.1, 0.15) is 0 Å². The van der Waals surface area contributed by atoms with Crippen molar-refractivity contribution in [3.8, 4) is 0 Å². The molecule has 2 aliphatic heterocycles. The van der Waals surface area contributed by atoms with Gasteiger partial charge in [-0.25, -0.2) is 9.97 Å². The van der Waals surface area contributed by atoms with Crippen molar-refractivity contribution in [2.45, 2.75) is 18.9 Å². The number of hydrogen-bond donors (Lipinski definition) is 1. The topological polar surface area (TPSA) is 70.6 Å². The van der Waals surface area contributed by atoms with E-state index < -0.39 is 0 Å². The summed E-state index contributed by atoms with van der Waals surface area (Å²) in [6.45, 7) is 5.51. The first-order valence-electron chi connectivity index (χ1n) is 7.95. The van der Waals surface area contributed by atoms with Gasteiger partial charge in [-0.2, -0.15) is 0 Å². The van der Waals surface area contributed by atoms with E-state index in [-0.39, 0.29) is 12.0 Å². The van der Waals surface area contributed by atoms with Gasteiger partial charge in [0.05, 0.1) is 19.1 Å². The summed E-state index contributed by atoms with van der Waals surface area (Å²) in [5.74, 6) is 0.932. The van der Waals surface area contributed by atoms with Crippen LogP contribution in [0.2, 0.25) is 0 Å². The van der Waals surface area contributed by atoms with Gasteiger partial charge >= 0.3 is 0 Å². The van der Waals surface area contributed by atoms with Gasteiger partial charge in [0.2, 0.25) is 11.9 Å². The molecule has 0 saturated carbocycles. The maximum absolute atomic E-state index is 12.4. The highest BCUT2D eigenvalue weighted by atomic mass is 16.5. The first kappa shape index (κ1) is 15.2. The molecule has 3 rings (SSSR count). The number of nitrogens with zero attached hydrogens (tertiary/aromatic N) is 4. The Morgan fingerprint density at radius 1 is 1.27 bits per heavy atom. The number of nitrogens with one attached hydrogen (secondary N) is 1. The smallest absolute Gasteiger partial charge is 0.225 e. The second-order valence-corrected chi connectivity index (χ2v) is 5.67. The molecule has 7 heteroatoms. The molecule has 0 aromatic carbocycles. The van der Waals surface area contributed by atoms with Crippen molar-refractivity contribution < 1.29 is 9.53 Å². The summed E-state index contributed by atoms with van der Waals surface area (Å²) in [7, 11) is 0. The third-order valence-electron chi connectivity index (χ3n) is 4.09. The molecule has 0 radical (unpaired) electrons. The highest BCUT2D eigenvalue weighted by molar-refractivity contribution is 5.76. The Bertz CT molecular complexity index is 478. The Kier molecular flexibility index (Phi) is 5.18. The summed E-state index contributed by atoms with van der Waals surface area (Å²) in [6.07, 6.45) is 4.92. The lowest BCUT2D eigenvalue weighted by molar-refractivity contribution is -0.134. The van der Waals surface area contributed by atoms with Crippen LogP contribution in [0.4, 0.5) is 5.95 Å². The minimum absolute atomic E-state index is 0.0121. The lowest BCUT2D eigenvalue weighted by Crippen LogP contribution is -2.43. The number of carbonyl (C=O) groups is 1. The SMILES string of the molecule is O=C(C[C@H]1CNCCO1)N1CCCN(c2ncccn2)CC1. The van der Waals surface area contributed by atoms with E-state index in [1.807, 2.05) is 11.0 Å². The molecule has 3 heterocycles. The zero-order chi connectivity index (χ0) is 15.2. The molecular weight excluding hydrogens is 282 g/mol. The van der Waals surface area contributed by atoms with Crippen molar-refractivity contribution in [3.05, 3.63) is 18.5 Å². The zero-order valence-corrected chi connectivity index (χ0v) is 12.8. The van der Waals surface area contributed by atoms with E-state index in [9.17, 15) is 4.79 Å². The fourth-order valence-electron chi connectivity index (χ4n) is 2.90. The number of anilines is 1. The van der Waals surface area contributed by atoms with E-state index in [1.165, 1.54) is 0 Å². The van der Waals surface area contributed by atoms with Gasteiger partial charge in [-0.1, -0.05) is 0 Å². The molecule has 1 atom stereocenters. The second kappa shape index (κ2) is 7.51. The molecule has 0 spiro atoms. The molecule has 120 valence electrons. The lowest BCUT2D eigenvalue weighted by atomic mass is 10.2. The van der Waals surface area contributed by atoms with Crippen molar-refractivity contribution in [1.29, 1.82) is 0 Å². The van der Waals surface area contributed by atoms with Crippen LogP contribution in [0.25, 0.3) is 0 Å². The molecule has 1 N–H and O–H groups in total. The quantitative estimate of drug-likeness (QED) is 0.840. The maximum atomic E-state index is 12.4. The standard InChI is InChI=1S/C15H23N5O2/c21-14(11-13-12-16-5-10-22-13)19-6-2-7-20(9-8-19)15-17-3-1-4-18-15/h1,3-4,13,16H,2,5-12H2/t13-/m0/s1. The summed E-state index contributed by atoms with van der Waals surface area (Å²) in [5.41, 5.74) is 0. The molecule has 1 amide bonds. The fourth-order valence-corrected chi connectivity index (χ4v) is 2.90. The van der Waals surface area contributed by atoms with Gasteiger partial charge in [-0.15, -0.1) is 0 Å². The summed E-state index contributed by atoms with van der Waals surface area (Å²) in [6, 6.07) is 1.81. The van der Waals surface area contributed by atoms with E-state index in [0.29, 0.717) is 13.0 Å². The van der Waals surface area contributed by atoms with Gasteiger partial charge in [-0.05, 0) is 12.5 Å². The molecular formula is C15H23N5O2. The van der Waals surface area contributed by atoms with E-state index in [4.69, 9.17) is 4.74 Å². The van der Waals surface area contributed by atoms with Crippen LogP contribution >= 0.6 is 0 Å². The Balaban J connectivity index is 1.52. The average Bonchev–Trinajstić information content (AvgIpc) is 2.83. The predicted molar refractivity (Wildman–Crippen MR) is 82.7 cm³/mol. The number of aromatic nitrogens is 2. The summed E-state index contributed by atoms with van der Waals surface area (Å²) >= 11 is 0. The number of rotatable bonds is 3. The van der Waals surface area contributed by atoms with Gasteiger partial charge in [0.15, 0.2) is 0 Å². The Morgan fingerprint density at radius 3 is 2.91 bits per heavy atom. The molecule has 2 aliphatic rings. The largest absolute Gasteiger partial charge is 0.375 e. The first-order valence-corrected chi connectivity index (χ1v) is 7.95. The second-order valence-electron chi connectivity index (χ2n) is 5.67. The van der Waals surface area contributed by atoms with Gasteiger partial charge in [0.25, 0.3) is 0 Å². The highest BCUT2D eigenvalue weighted by Crippen LogP contribution is 2.12. The molecule has 0 aliphatic carbocycles. The van der Waals surface area contributed by atoms with Crippen molar-refractivity contribution in [2.75, 3.05) is 50.8 Å². The Labute approximate surface area is 130 Å². The fraction of sp³-hybridized carbons (Fsp3) is 0.667. The van der Waals surface area contributed by atoms with E-state index in [0.717, 1.165) is 51.6 Å². The molecule has 2 saturated heterocycles. The summed E-state index contributed by atoms with van der Waals surface area (Å²) in [4.78, 5) is 25.1. The molecule has 1 aromatic rings. The van der Waals surface area contributed by atoms with Crippen LogP contribution in [0.1, 0.15) is 12.8 Å². The molecule has 7 nitrogen and oxygen atoms in total. The minimum atomic E-state index is 0.0121. The van der Waals surface area contributed by atoms with Crippen LogP contribution < -0.4 is 10.2 Å². The Morgan fingerprint density at radius 2 is 2.14 bits per heavy atom. The van der Waals surface area contributed by atoms with E-state index >= 15 is 0 Å². The third-order valence-corrected chi connectivity index (χ3v) is 4.09. The minimum Gasteiger partial charge on any atom is -0.375 e. The molecule has 0 bridgehead atoms. The lowest BCUT2D eigenvalue weighted by Gasteiger charge is -2.27. The maximum Gasteiger partial charge on any atom is 0.225 e. The number of hydrogen-bond acceptors (Lipinski definition) is 6. The predicted octanol–water partition coefficient (Wildman–Crippen LogP) is -0.106. The van der Waals surface area contributed by atoms with Crippen LogP contribution in [0.15, 0.2) is 18.5 Å². The highest BCUT2D eigenvalue weighted by Gasteiger charge is 2.24. The van der Waals surface area contributed by atoms with E-state index in [2.05, 4.69) is 20.2 Å². The van der Waals surface area contributed by atoms with Crippen LogP contribution in [0.3, 0.4) is 0 Å². The third kappa shape index (κ3) is 3.92. The van der Waals surface area contributed by atoms with Crippen LogP contribution in [-0.2, 0) is 9.53 Å². The zero-order valence-electron chi connectivity index (χ0n) is 12.8. The number of ether oxygens (including phenoxy) is 1. The van der Waals surface area contributed by atoms with Crippen LogP contribution in [0, 0.1) is 0 Å². The number of carbonyl (C=O) groups excluding carboxylic acids is 1. The number of morpholine rings is 1.